The summed E-state index contributed by atoms with van der Waals surface area (Å²) in [7, 11) is 0. The number of rotatable bonds is 4. The molecule has 1 amide bonds. The SMILES string of the molecule is NCc1ccc(C(=O)Nc2ccc(O)cc2C(=O)O)cc1. The zero-order valence-electron chi connectivity index (χ0n) is 11.0. The van der Waals surface area contributed by atoms with Crippen LogP contribution in [0.2, 0.25) is 0 Å². The van der Waals surface area contributed by atoms with Crippen molar-refractivity contribution in [3.8, 4) is 5.75 Å². The number of benzene rings is 2. The number of hydrogen-bond acceptors (Lipinski definition) is 4. The highest BCUT2D eigenvalue weighted by atomic mass is 16.4. The van der Waals surface area contributed by atoms with Crippen molar-refractivity contribution < 1.29 is 19.8 Å². The Kier molecular flexibility index (Phi) is 4.20. The summed E-state index contributed by atoms with van der Waals surface area (Å²) in [4.78, 5) is 23.2. The van der Waals surface area contributed by atoms with Gasteiger partial charge < -0.3 is 21.3 Å². The van der Waals surface area contributed by atoms with Gasteiger partial charge in [-0.1, -0.05) is 12.1 Å². The van der Waals surface area contributed by atoms with Gasteiger partial charge in [-0.05, 0) is 35.9 Å². The molecular formula is C15H14N2O4. The third-order valence-electron chi connectivity index (χ3n) is 2.93. The number of amides is 1. The number of phenolic OH excluding ortho intramolecular Hbond substituents is 1. The van der Waals surface area contributed by atoms with Gasteiger partial charge in [0.25, 0.3) is 5.91 Å². The first kappa shape index (κ1) is 14.5. The molecule has 0 aliphatic carbocycles. The fourth-order valence-corrected chi connectivity index (χ4v) is 1.80. The molecule has 2 rings (SSSR count). The number of carbonyl (C=O) groups is 2. The second-order valence-electron chi connectivity index (χ2n) is 4.39. The minimum absolute atomic E-state index is 0.119. The number of aromatic hydroxyl groups is 1. The Hall–Kier alpha value is -2.86. The van der Waals surface area contributed by atoms with Gasteiger partial charge in [-0.15, -0.1) is 0 Å². The molecule has 6 heteroatoms. The molecule has 0 aliphatic heterocycles. The molecule has 0 spiro atoms. The lowest BCUT2D eigenvalue weighted by atomic mass is 10.1. The number of aromatic carboxylic acids is 1. The van der Waals surface area contributed by atoms with Crippen molar-refractivity contribution in [3.63, 3.8) is 0 Å². The van der Waals surface area contributed by atoms with Crippen LogP contribution in [0.25, 0.3) is 0 Å². The van der Waals surface area contributed by atoms with Gasteiger partial charge in [0.2, 0.25) is 0 Å². The number of anilines is 1. The summed E-state index contributed by atoms with van der Waals surface area (Å²) >= 11 is 0. The molecule has 0 radical (unpaired) electrons. The number of phenols is 1. The Balaban J connectivity index is 2.24. The molecule has 0 saturated heterocycles. The van der Waals surface area contributed by atoms with Crippen molar-refractivity contribution in [2.24, 2.45) is 5.73 Å². The third kappa shape index (κ3) is 3.37. The second kappa shape index (κ2) is 6.06. The molecule has 0 unspecified atom stereocenters. The first-order valence-corrected chi connectivity index (χ1v) is 6.18. The summed E-state index contributed by atoms with van der Waals surface area (Å²) in [5.41, 5.74) is 6.69. The molecular weight excluding hydrogens is 272 g/mol. The zero-order valence-corrected chi connectivity index (χ0v) is 11.0. The van der Waals surface area contributed by atoms with Gasteiger partial charge in [0.15, 0.2) is 0 Å². The number of hydrogen-bond donors (Lipinski definition) is 4. The van der Waals surface area contributed by atoms with Crippen LogP contribution in [0, 0.1) is 0 Å². The maximum atomic E-state index is 12.1. The maximum Gasteiger partial charge on any atom is 0.337 e. The highest BCUT2D eigenvalue weighted by Crippen LogP contribution is 2.22. The van der Waals surface area contributed by atoms with E-state index in [4.69, 9.17) is 10.8 Å². The first-order chi connectivity index (χ1) is 10.0. The summed E-state index contributed by atoms with van der Waals surface area (Å²) < 4.78 is 0. The van der Waals surface area contributed by atoms with Gasteiger partial charge in [-0.25, -0.2) is 4.79 Å². The molecule has 6 nitrogen and oxygen atoms in total. The van der Waals surface area contributed by atoms with Gasteiger partial charge in [0.05, 0.1) is 11.3 Å². The van der Waals surface area contributed by atoms with E-state index in [1.165, 1.54) is 12.1 Å². The number of carbonyl (C=O) groups excluding carboxylic acids is 1. The van der Waals surface area contributed by atoms with E-state index in [9.17, 15) is 14.7 Å². The summed E-state index contributed by atoms with van der Waals surface area (Å²) in [5.74, 6) is -1.86. The van der Waals surface area contributed by atoms with Crippen LogP contribution >= 0.6 is 0 Å². The van der Waals surface area contributed by atoms with Gasteiger partial charge in [0.1, 0.15) is 5.75 Å². The maximum absolute atomic E-state index is 12.1. The Bertz CT molecular complexity index is 681. The summed E-state index contributed by atoms with van der Waals surface area (Å²) in [5, 5.41) is 20.9. The van der Waals surface area contributed by atoms with Crippen LogP contribution in [0.15, 0.2) is 42.5 Å². The number of nitrogens with one attached hydrogen (secondary N) is 1. The predicted octanol–water partition coefficient (Wildman–Crippen LogP) is 1.80. The lowest BCUT2D eigenvalue weighted by Gasteiger charge is -2.09. The van der Waals surface area contributed by atoms with E-state index >= 15 is 0 Å². The third-order valence-corrected chi connectivity index (χ3v) is 2.93. The van der Waals surface area contributed by atoms with Crippen molar-refractivity contribution in [3.05, 3.63) is 59.2 Å². The molecule has 2 aromatic carbocycles. The Morgan fingerprint density at radius 1 is 1.10 bits per heavy atom. The van der Waals surface area contributed by atoms with Crippen LogP contribution in [-0.2, 0) is 6.54 Å². The molecule has 108 valence electrons. The van der Waals surface area contributed by atoms with Crippen LogP contribution in [0.3, 0.4) is 0 Å². The molecule has 21 heavy (non-hydrogen) atoms. The Morgan fingerprint density at radius 3 is 2.33 bits per heavy atom. The Morgan fingerprint density at radius 2 is 1.76 bits per heavy atom. The van der Waals surface area contributed by atoms with Crippen LogP contribution in [0.1, 0.15) is 26.3 Å². The van der Waals surface area contributed by atoms with Crippen molar-refractivity contribution in [1.82, 2.24) is 0 Å². The van der Waals surface area contributed by atoms with Crippen LogP contribution < -0.4 is 11.1 Å². The van der Waals surface area contributed by atoms with Gasteiger partial charge in [-0.2, -0.15) is 0 Å². The summed E-state index contributed by atoms with van der Waals surface area (Å²) in [6.07, 6.45) is 0. The molecule has 0 atom stereocenters. The lowest BCUT2D eigenvalue weighted by Crippen LogP contribution is -2.14. The van der Waals surface area contributed by atoms with Crippen molar-refractivity contribution in [2.75, 3.05) is 5.32 Å². The topological polar surface area (TPSA) is 113 Å². The fraction of sp³-hybridized carbons (Fsp3) is 0.0667. The van der Waals surface area contributed by atoms with Gasteiger partial charge in [0, 0.05) is 12.1 Å². The number of nitrogens with two attached hydrogens (primary N) is 1. The predicted molar refractivity (Wildman–Crippen MR) is 77.4 cm³/mol. The second-order valence-corrected chi connectivity index (χ2v) is 4.39. The Labute approximate surface area is 120 Å². The molecule has 0 bridgehead atoms. The van der Waals surface area contributed by atoms with Crippen molar-refractivity contribution >= 4 is 17.6 Å². The minimum Gasteiger partial charge on any atom is -0.508 e. The van der Waals surface area contributed by atoms with E-state index in [0.717, 1.165) is 11.6 Å². The van der Waals surface area contributed by atoms with E-state index in [1.54, 1.807) is 24.3 Å². The van der Waals surface area contributed by atoms with Crippen molar-refractivity contribution in [1.29, 1.82) is 0 Å². The molecule has 0 aromatic heterocycles. The van der Waals surface area contributed by atoms with Crippen LogP contribution in [0.5, 0.6) is 5.75 Å². The number of carboxylic acid groups (broad SMARTS) is 1. The molecule has 0 heterocycles. The molecule has 5 N–H and O–H groups in total. The highest BCUT2D eigenvalue weighted by molar-refractivity contribution is 6.07. The van der Waals surface area contributed by atoms with Crippen LogP contribution in [-0.4, -0.2) is 22.1 Å². The van der Waals surface area contributed by atoms with E-state index < -0.39 is 11.9 Å². The molecule has 2 aromatic rings. The van der Waals surface area contributed by atoms with Crippen LogP contribution in [0.4, 0.5) is 5.69 Å². The molecule has 0 fully saturated rings. The van der Waals surface area contributed by atoms with E-state index in [2.05, 4.69) is 5.32 Å². The van der Waals surface area contributed by atoms with Crippen molar-refractivity contribution in [2.45, 2.75) is 6.54 Å². The first-order valence-electron chi connectivity index (χ1n) is 6.18. The molecule has 0 saturated carbocycles. The summed E-state index contributed by atoms with van der Waals surface area (Å²) in [6, 6.07) is 10.4. The number of carboxylic acids is 1. The smallest absolute Gasteiger partial charge is 0.337 e. The fourth-order valence-electron chi connectivity index (χ4n) is 1.80. The van der Waals surface area contributed by atoms with Gasteiger partial charge >= 0.3 is 5.97 Å². The largest absolute Gasteiger partial charge is 0.508 e. The zero-order chi connectivity index (χ0) is 15.4. The lowest BCUT2D eigenvalue weighted by molar-refractivity contribution is 0.0697. The monoisotopic (exact) mass is 286 g/mol. The quantitative estimate of drug-likeness (QED) is 0.640. The van der Waals surface area contributed by atoms with E-state index in [-0.39, 0.29) is 17.0 Å². The molecule has 0 aliphatic rings. The average molecular weight is 286 g/mol. The standard InChI is InChI=1S/C15H14N2O4/c16-8-9-1-3-10(4-2-9)14(19)17-13-6-5-11(18)7-12(13)15(20)21/h1-7,18H,8,16H2,(H,17,19)(H,20,21). The van der Waals surface area contributed by atoms with E-state index in [0.29, 0.717) is 12.1 Å². The normalized spacial score (nSPS) is 10.1. The van der Waals surface area contributed by atoms with E-state index in [1.807, 2.05) is 0 Å². The van der Waals surface area contributed by atoms with Gasteiger partial charge in [-0.3, -0.25) is 4.79 Å². The highest BCUT2D eigenvalue weighted by Gasteiger charge is 2.14. The summed E-state index contributed by atoms with van der Waals surface area (Å²) in [6.45, 7) is 0.378. The average Bonchev–Trinajstić information content (AvgIpc) is 2.49. The minimum atomic E-state index is -1.24.